The van der Waals surface area contributed by atoms with Crippen molar-refractivity contribution in [2.75, 3.05) is 29.9 Å². The highest BCUT2D eigenvalue weighted by Crippen LogP contribution is 2.27. The van der Waals surface area contributed by atoms with Crippen LogP contribution in [0, 0.1) is 11.7 Å². The molecule has 0 bridgehead atoms. The van der Waals surface area contributed by atoms with Crippen molar-refractivity contribution in [1.82, 2.24) is 5.32 Å². The van der Waals surface area contributed by atoms with Gasteiger partial charge in [-0.1, -0.05) is 6.92 Å². The highest BCUT2D eigenvalue weighted by molar-refractivity contribution is 6.00. The molecule has 0 spiro atoms. The number of carbonyl (C=O) groups is 3. The second-order valence-corrected chi connectivity index (χ2v) is 7.03. The van der Waals surface area contributed by atoms with Gasteiger partial charge in [0.1, 0.15) is 11.6 Å². The van der Waals surface area contributed by atoms with E-state index >= 15 is 0 Å². The van der Waals surface area contributed by atoms with Gasteiger partial charge in [-0.05, 0) is 55.0 Å². The number of nitrogens with one attached hydrogen (secondary N) is 2. The van der Waals surface area contributed by atoms with Gasteiger partial charge < -0.3 is 20.3 Å². The summed E-state index contributed by atoms with van der Waals surface area (Å²) in [6.45, 7) is 2.71. The predicted octanol–water partition coefficient (Wildman–Crippen LogP) is 2.72. The number of anilines is 2. The van der Waals surface area contributed by atoms with E-state index in [4.69, 9.17) is 4.74 Å². The topological polar surface area (TPSA) is 87.7 Å². The third kappa shape index (κ3) is 5.56. The standard InChI is InChI=1S/C22H24FN3O4/c1-2-11-24-22(29)15-12-21(28)26(13-15)18-7-9-19(10-8-18)30-14-20(27)25-17-5-3-16(23)4-6-17/h3-10,15H,2,11-14H2,1H3,(H,24,29)(H,25,27). The first kappa shape index (κ1) is 21.3. The number of nitrogens with zero attached hydrogens (tertiary/aromatic N) is 1. The minimum absolute atomic E-state index is 0.0974. The Labute approximate surface area is 174 Å². The van der Waals surface area contributed by atoms with Gasteiger partial charge in [0, 0.05) is 30.9 Å². The molecule has 2 aromatic carbocycles. The van der Waals surface area contributed by atoms with Crippen molar-refractivity contribution < 1.29 is 23.5 Å². The fraction of sp³-hybridized carbons (Fsp3) is 0.318. The Kier molecular flexibility index (Phi) is 7.00. The Morgan fingerprint density at radius 3 is 2.50 bits per heavy atom. The van der Waals surface area contributed by atoms with Gasteiger partial charge in [-0.15, -0.1) is 0 Å². The zero-order valence-electron chi connectivity index (χ0n) is 16.7. The summed E-state index contributed by atoms with van der Waals surface area (Å²) in [6.07, 6.45) is 1.04. The summed E-state index contributed by atoms with van der Waals surface area (Å²) < 4.78 is 18.3. The Bertz CT molecular complexity index is 900. The van der Waals surface area contributed by atoms with Crippen molar-refractivity contribution in [3.05, 3.63) is 54.3 Å². The maximum absolute atomic E-state index is 12.9. The molecule has 0 aliphatic carbocycles. The number of benzene rings is 2. The lowest BCUT2D eigenvalue weighted by Gasteiger charge is -2.17. The SMILES string of the molecule is CCCNC(=O)C1CC(=O)N(c2ccc(OCC(=O)Nc3ccc(F)cc3)cc2)C1. The Hall–Kier alpha value is -3.42. The molecule has 3 amide bonds. The maximum atomic E-state index is 12.9. The van der Waals surface area contributed by atoms with E-state index in [1.54, 1.807) is 29.2 Å². The highest BCUT2D eigenvalue weighted by atomic mass is 19.1. The first-order chi connectivity index (χ1) is 14.5. The molecule has 1 unspecified atom stereocenters. The molecule has 0 saturated carbocycles. The third-order valence-corrected chi connectivity index (χ3v) is 4.69. The van der Waals surface area contributed by atoms with Gasteiger partial charge in [0.05, 0.1) is 5.92 Å². The fourth-order valence-corrected chi connectivity index (χ4v) is 3.13. The second-order valence-electron chi connectivity index (χ2n) is 7.03. The minimum Gasteiger partial charge on any atom is -0.484 e. The lowest BCUT2D eigenvalue weighted by Crippen LogP contribution is -2.33. The van der Waals surface area contributed by atoms with Crippen molar-refractivity contribution in [2.24, 2.45) is 5.92 Å². The first-order valence-corrected chi connectivity index (χ1v) is 9.82. The first-order valence-electron chi connectivity index (χ1n) is 9.82. The van der Waals surface area contributed by atoms with Gasteiger partial charge in [0.15, 0.2) is 6.61 Å². The Morgan fingerprint density at radius 1 is 1.13 bits per heavy atom. The summed E-state index contributed by atoms with van der Waals surface area (Å²) >= 11 is 0. The van der Waals surface area contributed by atoms with Crippen LogP contribution in [-0.4, -0.2) is 37.4 Å². The molecule has 158 valence electrons. The molecule has 2 aromatic rings. The predicted molar refractivity (Wildman–Crippen MR) is 111 cm³/mol. The summed E-state index contributed by atoms with van der Waals surface area (Å²) in [4.78, 5) is 37.9. The van der Waals surface area contributed by atoms with Crippen LogP contribution in [0.2, 0.25) is 0 Å². The zero-order chi connectivity index (χ0) is 21.5. The van der Waals surface area contributed by atoms with E-state index in [2.05, 4.69) is 10.6 Å². The molecule has 1 aliphatic rings. The number of amides is 3. The lowest BCUT2D eigenvalue weighted by molar-refractivity contribution is -0.126. The Balaban J connectivity index is 1.51. The molecule has 2 N–H and O–H groups in total. The molecule has 0 aromatic heterocycles. The lowest BCUT2D eigenvalue weighted by atomic mass is 10.1. The molecule has 1 saturated heterocycles. The van der Waals surface area contributed by atoms with Crippen LogP contribution >= 0.6 is 0 Å². The van der Waals surface area contributed by atoms with Crippen LogP contribution in [0.5, 0.6) is 5.75 Å². The van der Waals surface area contributed by atoms with Crippen molar-refractivity contribution in [3.63, 3.8) is 0 Å². The monoisotopic (exact) mass is 413 g/mol. The average Bonchev–Trinajstić information content (AvgIpc) is 3.14. The Morgan fingerprint density at radius 2 is 1.83 bits per heavy atom. The largest absolute Gasteiger partial charge is 0.484 e. The van der Waals surface area contributed by atoms with E-state index in [1.165, 1.54) is 24.3 Å². The van der Waals surface area contributed by atoms with Crippen molar-refractivity contribution >= 4 is 29.1 Å². The van der Waals surface area contributed by atoms with Gasteiger partial charge >= 0.3 is 0 Å². The number of carbonyl (C=O) groups excluding carboxylic acids is 3. The van der Waals surface area contributed by atoms with E-state index in [-0.39, 0.29) is 42.5 Å². The summed E-state index contributed by atoms with van der Waals surface area (Å²) in [5.74, 6) is -0.832. The van der Waals surface area contributed by atoms with Crippen molar-refractivity contribution in [3.8, 4) is 5.75 Å². The quantitative estimate of drug-likeness (QED) is 0.697. The van der Waals surface area contributed by atoms with Crippen LogP contribution < -0.4 is 20.3 Å². The number of hydrogen-bond acceptors (Lipinski definition) is 4. The van der Waals surface area contributed by atoms with E-state index in [0.717, 1.165) is 6.42 Å². The molecule has 1 fully saturated rings. The molecule has 30 heavy (non-hydrogen) atoms. The molecule has 1 atom stereocenters. The molecule has 7 nitrogen and oxygen atoms in total. The molecular weight excluding hydrogens is 389 g/mol. The summed E-state index contributed by atoms with van der Waals surface area (Å²) in [6, 6.07) is 12.2. The second kappa shape index (κ2) is 9.87. The van der Waals surface area contributed by atoms with Crippen LogP contribution in [0.1, 0.15) is 19.8 Å². The van der Waals surface area contributed by atoms with Gasteiger partial charge in [0.2, 0.25) is 11.8 Å². The van der Waals surface area contributed by atoms with Crippen LogP contribution in [0.3, 0.4) is 0 Å². The molecule has 0 radical (unpaired) electrons. The smallest absolute Gasteiger partial charge is 0.262 e. The zero-order valence-corrected chi connectivity index (χ0v) is 16.7. The maximum Gasteiger partial charge on any atom is 0.262 e. The fourth-order valence-electron chi connectivity index (χ4n) is 3.13. The van der Waals surface area contributed by atoms with Crippen LogP contribution in [0.15, 0.2) is 48.5 Å². The average molecular weight is 413 g/mol. The van der Waals surface area contributed by atoms with Gasteiger partial charge in [0.25, 0.3) is 5.91 Å². The summed E-state index contributed by atoms with van der Waals surface area (Å²) in [7, 11) is 0. The number of halogens is 1. The van der Waals surface area contributed by atoms with Gasteiger partial charge in [-0.2, -0.15) is 0 Å². The number of hydrogen-bond donors (Lipinski definition) is 2. The van der Waals surface area contributed by atoms with Gasteiger partial charge in [-0.3, -0.25) is 14.4 Å². The highest BCUT2D eigenvalue weighted by Gasteiger charge is 2.34. The number of rotatable bonds is 8. The van der Waals surface area contributed by atoms with E-state index in [9.17, 15) is 18.8 Å². The van der Waals surface area contributed by atoms with Crippen molar-refractivity contribution in [1.29, 1.82) is 0 Å². The molecule has 1 heterocycles. The molecule has 3 rings (SSSR count). The summed E-state index contributed by atoms with van der Waals surface area (Å²) in [5, 5.41) is 5.44. The third-order valence-electron chi connectivity index (χ3n) is 4.69. The van der Waals surface area contributed by atoms with Crippen molar-refractivity contribution in [2.45, 2.75) is 19.8 Å². The molecular formula is C22H24FN3O4. The number of ether oxygens (including phenoxy) is 1. The normalized spacial score (nSPS) is 15.7. The molecule has 8 heteroatoms. The summed E-state index contributed by atoms with van der Waals surface area (Å²) in [5.41, 5.74) is 1.15. The van der Waals surface area contributed by atoms with Crippen LogP contribution in [0.4, 0.5) is 15.8 Å². The molecule has 1 aliphatic heterocycles. The van der Waals surface area contributed by atoms with E-state index in [0.29, 0.717) is 30.2 Å². The van der Waals surface area contributed by atoms with Gasteiger partial charge in [-0.25, -0.2) is 4.39 Å². The van der Waals surface area contributed by atoms with E-state index in [1.807, 2.05) is 6.92 Å². The van der Waals surface area contributed by atoms with Crippen LogP contribution in [0.25, 0.3) is 0 Å². The minimum atomic E-state index is -0.381. The van der Waals surface area contributed by atoms with E-state index < -0.39 is 0 Å². The van der Waals surface area contributed by atoms with Crippen LogP contribution in [-0.2, 0) is 14.4 Å².